The predicted molar refractivity (Wildman–Crippen MR) is 76.8 cm³/mol. The molecule has 104 valence electrons. The second-order valence-electron chi connectivity index (χ2n) is 5.80. The number of aromatic amines is 1. The van der Waals surface area contributed by atoms with Gasteiger partial charge in [0.05, 0.1) is 11.6 Å². The molecular weight excluding hydrogens is 242 g/mol. The molecule has 1 unspecified atom stereocenters. The highest BCUT2D eigenvalue weighted by molar-refractivity contribution is 5.87. The van der Waals surface area contributed by atoms with Gasteiger partial charge in [0.15, 0.2) is 5.65 Å². The van der Waals surface area contributed by atoms with Crippen molar-refractivity contribution in [1.82, 2.24) is 20.2 Å². The van der Waals surface area contributed by atoms with Crippen molar-refractivity contribution in [2.24, 2.45) is 11.3 Å². The molecule has 0 aliphatic heterocycles. The standard InChI is InChI=1S/C12H21N7/c1-7(12(2,3)4)19(5)10-8-6-14-18-9(8)15-11(16-10)17-13/h6-7H,13H2,1-5H3,(H2,14,15,16,17,18). The monoisotopic (exact) mass is 263 g/mol. The van der Waals surface area contributed by atoms with Gasteiger partial charge in [0.1, 0.15) is 5.82 Å². The minimum absolute atomic E-state index is 0.131. The molecule has 0 radical (unpaired) electrons. The molecule has 0 bridgehead atoms. The van der Waals surface area contributed by atoms with E-state index in [2.05, 4.69) is 58.2 Å². The van der Waals surface area contributed by atoms with Crippen LogP contribution in [0.3, 0.4) is 0 Å². The molecule has 2 heterocycles. The van der Waals surface area contributed by atoms with Gasteiger partial charge >= 0.3 is 0 Å². The van der Waals surface area contributed by atoms with E-state index in [9.17, 15) is 0 Å². The Morgan fingerprint density at radius 3 is 2.63 bits per heavy atom. The van der Waals surface area contributed by atoms with Gasteiger partial charge in [0, 0.05) is 13.1 Å². The first-order valence-electron chi connectivity index (χ1n) is 6.25. The Bertz CT molecular complexity index is 569. The molecule has 0 aromatic carbocycles. The van der Waals surface area contributed by atoms with Crippen molar-refractivity contribution in [1.29, 1.82) is 0 Å². The number of fused-ring (bicyclic) bond motifs is 1. The number of H-pyrrole nitrogens is 1. The number of anilines is 2. The van der Waals surface area contributed by atoms with Crippen LogP contribution in [0.25, 0.3) is 11.0 Å². The highest BCUT2D eigenvalue weighted by atomic mass is 15.3. The molecule has 19 heavy (non-hydrogen) atoms. The molecule has 0 fully saturated rings. The summed E-state index contributed by atoms with van der Waals surface area (Å²) in [6.07, 6.45) is 1.73. The fraction of sp³-hybridized carbons (Fsp3) is 0.583. The minimum atomic E-state index is 0.131. The van der Waals surface area contributed by atoms with Gasteiger partial charge in [-0.2, -0.15) is 15.1 Å². The smallest absolute Gasteiger partial charge is 0.241 e. The van der Waals surface area contributed by atoms with Gasteiger partial charge in [0.2, 0.25) is 5.95 Å². The minimum Gasteiger partial charge on any atom is -0.356 e. The Morgan fingerprint density at radius 1 is 1.37 bits per heavy atom. The number of nitrogens with two attached hydrogens (primary N) is 1. The van der Waals surface area contributed by atoms with Crippen LogP contribution in [0.2, 0.25) is 0 Å². The number of nitrogens with one attached hydrogen (secondary N) is 2. The van der Waals surface area contributed by atoms with Crippen molar-refractivity contribution in [3.8, 4) is 0 Å². The Balaban J connectivity index is 2.51. The number of hydrogen-bond acceptors (Lipinski definition) is 6. The van der Waals surface area contributed by atoms with Gasteiger partial charge in [-0.25, -0.2) is 5.84 Å². The molecule has 2 aromatic rings. The van der Waals surface area contributed by atoms with Gasteiger partial charge in [-0.05, 0) is 12.3 Å². The molecule has 0 aliphatic carbocycles. The molecule has 2 aromatic heterocycles. The van der Waals surface area contributed by atoms with Crippen molar-refractivity contribution >= 4 is 22.8 Å². The molecule has 0 spiro atoms. The second kappa shape index (κ2) is 4.65. The van der Waals surface area contributed by atoms with Gasteiger partial charge in [-0.15, -0.1) is 0 Å². The predicted octanol–water partition coefficient (Wildman–Crippen LogP) is 1.51. The van der Waals surface area contributed by atoms with E-state index in [0.717, 1.165) is 11.2 Å². The lowest BCUT2D eigenvalue weighted by Gasteiger charge is -2.36. The molecule has 4 N–H and O–H groups in total. The van der Waals surface area contributed by atoms with E-state index >= 15 is 0 Å². The third-order valence-corrected chi connectivity index (χ3v) is 3.59. The highest BCUT2D eigenvalue weighted by Crippen LogP contribution is 2.30. The summed E-state index contributed by atoms with van der Waals surface area (Å²) in [5, 5.41) is 7.75. The summed E-state index contributed by atoms with van der Waals surface area (Å²) in [6, 6.07) is 0.297. The number of hydrazine groups is 1. The maximum Gasteiger partial charge on any atom is 0.241 e. The van der Waals surface area contributed by atoms with E-state index in [1.165, 1.54) is 0 Å². The average molecular weight is 263 g/mol. The number of aromatic nitrogens is 4. The quantitative estimate of drug-likeness (QED) is 0.574. The van der Waals surface area contributed by atoms with Crippen LogP contribution < -0.4 is 16.2 Å². The van der Waals surface area contributed by atoms with Crippen LogP contribution >= 0.6 is 0 Å². The molecule has 0 amide bonds. The summed E-state index contributed by atoms with van der Waals surface area (Å²) < 4.78 is 0. The van der Waals surface area contributed by atoms with E-state index in [4.69, 9.17) is 5.84 Å². The zero-order valence-corrected chi connectivity index (χ0v) is 12.0. The fourth-order valence-electron chi connectivity index (χ4n) is 1.92. The second-order valence-corrected chi connectivity index (χ2v) is 5.80. The third kappa shape index (κ3) is 2.46. The summed E-state index contributed by atoms with van der Waals surface area (Å²) in [7, 11) is 2.02. The topological polar surface area (TPSA) is 95.8 Å². The van der Waals surface area contributed by atoms with Crippen LogP contribution in [0.5, 0.6) is 0 Å². The fourth-order valence-corrected chi connectivity index (χ4v) is 1.92. The normalized spacial score (nSPS) is 13.6. The Kier molecular flexibility index (Phi) is 3.32. The maximum atomic E-state index is 5.41. The maximum absolute atomic E-state index is 5.41. The Hall–Kier alpha value is -1.89. The van der Waals surface area contributed by atoms with E-state index in [1.54, 1.807) is 6.20 Å². The largest absolute Gasteiger partial charge is 0.356 e. The molecule has 0 aliphatic rings. The first kappa shape index (κ1) is 13.5. The van der Waals surface area contributed by atoms with Gasteiger partial charge in [0.25, 0.3) is 0 Å². The zero-order chi connectivity index (χ0) is 14.2. The van der Waals surface area contributed by atoms with Gasteiger partial charge in [-0.1, -0.05) is 20.8 Å². The molecule has 7 heteroatoms. The number of rotatable bonds is 3. The first-order valence-corrected chi connectivity index (χ1v) is 6.25. The molecule has 2 rings (SSSR count). The van der Waals surface area contributed by atoms with Crippen LogP contribution in [0.1, 0.15) is 27.7 Å². The van der Waals surface area contributed by atoms with Crippen LogP contribution in [-0.2, 0) is 0 Å². The Labute approximate surface area is 112 Å². The molecular formula is C12H21N7. The van der Waals surface area contributed by atoms with Crippen molar-refractivity contribution in [3.05, 3.63) is 6.20 Å². The SMILES string of the molecule is CC(N(C)c1nc(NN)nc2[nH]ncc12)C(C)(C)C. The van der Waals surface area contributed by atoms with Crippen LogP contribution in [0.4, 0.5) is 11.8 Å². The number of hydrogen-bond donors (Lipinski definition) is 3. The van der Waals surface area contributed by atoms with E-state index < -0.39 is 0 Å². The van der Waals surface area contributed by atoms with Crippen molar-refractivity contribution in [2.75, 3.05) is 17.4 Å². The zero-order valence-electron chi connectivity index (χ0n) is 12.0. The number of nitrogen functional groups attached to an aromatic ring is 1. The molecule has 1 atom stereocenters. The molecule has 7 nitrogen and oxygen atoms in total. The summed E-state index contributed by atoms with van der Waals surface area (Å²) in [5.74, 6) is 6.60. The van der Waals surface area contributed by atoms with E-state index in [0.29, 0.717) is 17.6 Å². The van der Waals surface area contributed by atoms with E-state index in [1.807, 2.05) is 7.05 Å². The molecule has 0 saturated heterocycles. The average Bonchev–Trinajstić information content (AvgIpc) is 2.82. The molecule has 0 saturated carbocycles. The van der Waals surface area contributed by atoms with Gasteiger partial charge in [-0.3, -0.25) is 10.5 Å². The van der Waals surface area contributed by atoms with E-state index in [-0.39, 0.29) is 5.41 Å². The lowest BCUT2D eigenvalue weighted by atomic mass is 9.87. The van der Waals surface area contributed by atoms with Gasteiger partial charge < -0.3 is 4.90 Å². The van der Waals surface area contributed by atoms with Crippen LogP contribution in [0, 0.1) is 5.41 Å². The van der Waals surface area contributed by atoms with Crippen molar-refractivity contribution in [3.63, 3.8) is 0 Å². The Morgan fingerprint density at radius 2 is 2.05 bits per heavy atom. The summed E-state index contributed by atoms with van der Waals surface area (Å²) in [4.78, 5) is 10.8. The summed E-state index contributed by atoms with van der Waals surface area (Å²) in [6.45, 7) is 8.77. The lowest BCUT2D eigenvalue weighted by molar-refractivity contribution is 0.329. The number of nitrogens with zero attached hydrogens (tertiary/aromatic N) is 4. The third-order valence-electron chi connectivity index (χ3n) is 3.59. The van der Waals surface area contributed by atoms with Crippen LogP contribution in [-0.4, -0.2) is 33.3 Å². The van der Waals surface area contributed by atoms with Crippen LogP contribution in [0.15, 0.2) is 6.20 Å². The summed E-state index contributed by atoms with van der Waals surface area (Å²) >= 11 is 0. The summed E-state index contributed by atoms with van der Waals surface area (Å²) in [5.41, 5.74) is 3.29. The van der Waals surface area contributed by atoms with Crippen molar-refractivity contribution < 1.29 is 0 Å². The van der Waals surface area contributed by atoms with Crippen molar-refractivity contribution in [2.45, 2.75) is 33.7 Å². The lowest BCUT2D eigenvalue weighted by Crippen LogP contribution is -2.40. The first-order chi connectivity index (χ1) is 8.84. The highest BCUT2D eigenvalue weighted by Gasteiger charge is 2.26.